The van der Waals surface area contributed by atoms with E-state index in [4.69, 9.17) is 0 Å². The Hall–Kier alpha value is -1.71. The Morgan fingerprint density at radius 2 is 2.06 bits per heavy atom. The van der Waals surface area contributed by atoms with E-state index in [0.29, 0.717) is 6.54 Å². The van der Waals surface area contributed by atoms with Crippen molar-refractivity contribution >= 4 is 10.9 Å². The van der Waals surface area contributed by atoms with Gasteiger partial charge in [-0.05, 0) is 11.5 Å². The van der Waals surface area contributed by atoms with E-state index in [-0.39, 0.29) is 11.5 Å². The fraction of sp³-hybridized carbons (Fsp3) is 0.462. The Balaban J connectivity index is 2.32. The lowest BCUT2D eigenvalue weighted by atomic mass is 9.87. The lowest BCUT2D eigenvalue weighted by molar-refractivity contribution is 0.286. The van der Waals surface area contributed by atoms with Crippen LogP contribution in [0, 0.1) is 10.3 Å². The number of rotatable bonds is 3. The Bertz CT molecular complexity index is 525. The second-order valence-electron chi connectivity index (χ2n) is 5.37. The van der Waals surface area contributed by atoms with E-state index >= 15 is 0 Å². The molecule has 1 atom stereocenters. The topological polar surface area (TPSA) is 47.2 Å². The number of nitrogens with zero attached hydrogens (tertiary/aromatic N) is 3. The first kappa shape index (κ1) is 11.8. The van der Waals surface area contributed by atoms with Crippen LogP contribution in [0.15, 0.2) is 35.6 Å². The minimum absolute atomic E-state index is 0.144. The van der Waals surface area contributed by atoms with Crippen LogP contribution in [0.1, 0.15) is 20.8 Å². The van der Waals surface area contributed by atoms with Gasteiger partial charge in [0.1, 0.15) is 6.04 Å². The van der Waals surface area contributed by atoms with E-state index < -0.39 is 0 Å². The molecule has 1 heterocycles. The third-order valence-electron chi connectivity index (χ3n) is 3.02. The molecule has 0 saturated carbocycles. The van der Waals surface area contributed by atoms with Crippen molar-refractivity contribution < 1.29 is 0 Å². The van der Waals surface area contributed by atoms with Crippen molar-refractivity contribution in [3.8, 4) is 0 Å². The first-order chi connectivity index (χ1) is 8.02. The van der Waals surface area contributed by atoms with Gasteiger partial charge in [0.2, 0.25) is 0 Å². The molecule has 0 bridgehead atoms. The van der Waals surface area contributed by atoms with Gasteiger partial charge in [0.05, 0.1) is 18.3 Å². The summed E-state index contributed by atoms with van der Waals surface area (Å²) in [5.41, 5.74) is 0.903. The summed E-state index contributed by atoms with van der Waals surface area (Å²) >= 11 is 0. The molecule has 1 aromatic heterocycles. The fourth-order valence-corrected chi connectivity index (χ4v) is 1.80. The van der Waals surface area contributed by atoms with Crippen LogP contribution in [-0.4, -0.2) is 15.8 Å². The Morgan fingerprint density at radius 1 is 1.35 bits per heavy atom. The Labute approximate surface area is 101 Å². The molecule has 0 saturated heterocycles. The maximum Gasteiger partial charge on any atom is 0.116 e. The summed E-state index contributed by atoms with van der Waals surface area (Å²) in [6.45, 7) is 6.58. The molecular weight excluding hydrogens is 214 g/mol. The molecule has 0 fully saturated rings. The standard InChI is InChI=1S/C13H17N3O/c1-13(2,3)12(15-17)9-16-11-7-5-4-6-10(11)8-14-16/h4-8,12H,9H2,1-3H3. The minimum Gasteiger partial charge on any atom is -0.263 e. The molecular formula is C13H17N3O. The van der Waals surface area contributed by atoms with Crippen molar-refractivity contribution in [2.45, 2.75) is 33.4 Å². The molecule has 2 rings (SSSR count). The monoisotopic (exact) mass is 231 g/mol. The molecule has 4 heteroatoms. The van der Waals surface area contributed by atoms with Crippen molar-refractivity contribution in [3.63, 3.8) is 0 Å². The van der Waals surface area contributed by atoms with Gasteiger partial charge in [0.15, 0.2) is 0 Å². The van der Waals surface area contributed by atoms with Gasteiger partial charge in [-0.2, -0.15) is 10.0 Å². The maximum atomic E-state index is 10.9. The molecule has 0 N–H and O–H groups in total. The van der Waals surface area contributed by atoms with E-state index in [1.54, 1.807) is 0 Å². The number of aromatic nitrogens is 2. The van der Waals surface area contributed by atoms with Crippen LogP contribution < -0.4 is 0 Å². The predicted octanol–water partition coefficient (Wildman–Crippen LogP) is 3.22. The van der Waals surface area contributed by atoms with Gasteiger partial charge in [-0.1, -0.05) is 44.1 Å². The molecule has 2 aromatic rings. The normalized spacial score (nSPS) is 13.8. The van der Waals surface area contributed by atoms with Gasteiger partial charge in [-0.3, -0.25) is 4.68 Å². The zero-order valence-corrected chi connectivity index (χ0v) is 10.4. The summed E-state index contributed by atoms with van der Waals surface area (Å²) in [6.07, 6.45) is 1.82. The van der Waals surface area contributed by atoms with E-state index in [9.17, 15) is 4.91 Å². The second kappa shape index (κ2) is 4.28. The summed E-state index contributed by atoms with van der Waals surface area (Å²) in [5, 5.41) is 8.63. The molecule has 0 aliphatic heterocycles. The largest absolute Gasteiger partial charge is 0.263 e. The van der Waals surface area contributed by atoms with Crippen molar-refractivity contribution in [2.75, 3.05) is 0 Å². The average Bonchev–Trinajstić information content (AvgIpc) is 2.67. The van der Waals surface area contributed by atoms with Crippen LogP contribution in [-0.2, 0) is 6.54 Å². The van der Waals surface area contributed by atoms with E-state index in [1.807, 2.05) is 55.9 Å². The lowest BCUT2D eigenvalue weighted by Crippen LogP contribution is -2.29. The number of benzene rings is 1. The van der Waals surface area contributed by atoms with Crippen LogP contribution in [0.3, 0.4) is 0 Å². The number of hydrogen-bond acceptors (Lipinski definition) is 3. The molecule has 4 nitrogen and oxygen atoms in total. The van der Waals surface area contributed by atoms with Gasteiger partial charge < -0.3 is 0 Å². The Morgan fingerprint density at radius 3 is 2.71 bits per heavy atom. The number of para-hydroxylation sites is 1. The minimum atomic E-state index is -0.272. The molecule has 90 valence electrons. The third kappa shape index (κ3) is 2.35. The number of fused-ring (bicyclic) bond motifs is 1. The zero-order valence-electron chi connectivity index (χ0n) is 10.4. The zero-order chi connectivity index (χ0) is 12.5. The molecule has 0 spiro atoms. The highest BCUT2D eigenvalue weighted by molar-refractivity contribution is 5.78. The number of hydrogen-bond donors (Lipinski definition) is 0. The molecule has 0 aliphatic rings. The first-order valence-corrected chi connectivity index (χ1v) is 5.75. The summed E-state index contributed by atoms with van der Waals surface area (Å²) in [4.78, 5) is 10.9. The summed E-state index contributed by atoms with van der Waals surface area (Å²) in [7, 11) is 0. The van der Waals surface area contributed by atoms with Crippen molar-refractivity contribution in [1.82, 2.24) is 9.78 Å². The highest BCUT2D eigenvalue weighted by atomic mass is 16.3. The molecule has 1 unspecified atom stereocenters. The van der Waals surface area contributed by atoms with Crippen LogP contribution in [0.2, 0.25) is 0 Å². The van der Waals surface area contributed by atoms with Gasteiger partial charge >= 0.3 is 0 Å². The van der Waals surface area contributed by atoms with Gasteiger partial charge in [-0.25, -0.2) is 0 Å². The van der Waals surface area contributed by atoms with Crippen LogP contribution in [0.4, 0.5) is 0 Å². The summed E-state index contributed by atoms with van der Waals surface area (Å²) in [5.74, 6) is 0. The van der Waals surface area contributed by atoms with Gasteiger partial charge in [-0.15, -0.1) is 0 Å². The van der Waals surface area contributed by atoms with Crippen molar-refractivity contribution in [2.24, 2.45) is 10.6 Å². The third-order valence-corrected chi connectivity index (χ3v) is 3.02. The highest BCUT2D eigenvalue weighted by Crippen LogP contribution is 2.24. The second-order valence-corrected chi connectivity index (χ2v) is 5.37. The molecule has 17 heavy (non-hydrogen) atoms. The lowest BCUT2D eigenvalue weighted by Gasteiger charge is -2.24. The molecule has 0 aliphatic carbocycles. The molecule has 0 amide bonds. The average molecular weight is 231 g/mol. The van der Waals surface area contributed by atoms with E-state index in [1.165, 1.54) is 0 Å². The van der Waals surface area contributed by atoms with E-state index in [0.717, 1.165) is 10.9 Å². The van der Waals surface area contributed by atoms with Gasteiger partial charge in [0, 0.05) is 5.39 Å². The van der Waals surface area contributed by atoms with Crippen molar-refractivity contribution in [1.29, 1.82) is 0 Å². The summed E-state index contributed by atoms with van der Waals surface area (Å²) < 4.78 is 1.85. The molecule has 0 radical (unpaired) electrons. The van der Waals surface area contributed by atoms with Crippen molar-refractivity contribution in [3.05, 3.63) is 35.4 Å². The SMILES string of the molecule is CC(C)(C)C(Cn1ncc2ccccc21)N=O. The highest BCUT2D eigenvalue weighted by Gasteiger charge is 2.26. The fourth-order valence-electron chi connectivity index (χ4n) is 1.80. The number of nitroso groups, excluding NO2 is 1. The predicted molar refractivity (Wildman–Crippen MR) is 68.8 cm³/mol. The first-order valence-electron chi connectivity index (χ1n) is 5.75. The van der Waals surface area contributed by atoms with Gasteiger partial charge in [0.25, 0.3) is 0 Å². The van der Waals surface area contributed by atoms with E-state index in [2.05, 4.69) is 10.3 Å². The Kier molecular flexibility index (Phi) is 2.96. The summed E-state index contributed by atoms with van der Waals surface area (Å²) in [6, 6.07) is 7.70. The van der Waals surface area contributed by atoms with Crippen LogP contribution in [0.25, 0.3) is 10.9 Å². The van der Waals surface area contributed by atoms with Crippen LogP contribution in [0.5, 0.6) is 0 Å². The quantitative estimate of drug-likeness (QED) is 0.761. The molecule has 1 aromatic carbocycles. The maximum absolute atomic E-state index is 10.9. The van der Waals surface area contributed by atoms with Crippen LogP contribution >= 0.6 is 0 Å². The smallest absolute Gasteiger partial charge is 0.116 e.